The average molecular weight is 431 g/mol. The van der Waals surface area contributed by atoms with E-state index >= 15 is 0 Å². The molecule has 0 saturated carbocycles. The quantitative estimate of drug-likeness (QED) is 0.622. The number of sulfonamides is 1. The van der Waals surface area contributed by atoms with Gasteiger partial charge in [-0.2, -0.15) is 4.31 Å². The third-order valence-corrected chi connectivity index (χ3v) is 7.53. The largest absolute Gasteiger partial charge is 0.492 e. The molecule has 2 aromatic carbocycles. The summed E-state index contributed by atoms with van der Waals surface area (Å²) in [6.07, 6.45) is 0.836. The average Bonchev–Trinajstić information content (AvgIpc) is 2.73. The highest BCUT2D eigenvalue weighted by molar-refractivity contribution is 7.89. The highest BCUT2D eigenvalue weighted by atomic mass is 32.2. The van der Waals surface area contributed by atoms with E-state index in [1.807, 2.05) is 44.2 Å². The Bertz CT molecular complexity index is 934. The minimum absolute atomic E-state index is 0.252. The van der Waals surface area contributed by atoms with Crippen LogP contribution in [0.4, 0.5) is 0 Å². The van der Waals surface area contributed by atoms with E-state index in [2.05, 4.69) is 30.9 Å². The molecular weight excluding hydrogens is 396 g/mol. The normalized spacial score (nSPS) is 16.2. The van der Waals surface area contributed by atoms with Crippen LogP contribution in [0.15, 0.2) is 47.4 Å². The first-order valence-electron chi connectivity index (χ1n) is 10.9. The first-order chi connectivity index (χ1) is 14.3. The van der Waals surface area contributed by atoms with Crippen molar-refractivity contribution in [1.29, 1.82) is 0 Å². The lowest BCUT2D eigenvalue weighted by Gasteiger charge is -2.34. The van der Waals surface area contributed by atoms with Gasteiger partial charge in [-0.05, 0) is 48.1 Å². The Morgan fingerprint density at radius 3 is 2.30 bits per heavy atom. The van der Waals surface area contributed by atoms with Crippen LogP contribution in [-0.4, -0.2) is 50.4 Å². The Kier molecular flexibility index (Phi) is 7.55. The van der Waals surface area contributed by atoms with Gasteiger partial charge in [0.15, 0.2) is 0 Å². The van der Waals surface area contributed by atoms with E-state index in [9.17, 15) is 8.42 Å². The maximum atomic E-state index is 13.5. The van der Waals surface area contributed by atoms with Crippen LogP contribution in [0.25, 0.3) is 0 Å². The van der Waals surface area contributed by atoms with E-state index in [4.69, 9.17) is 4.74 Å². The second kappa shape index (κ2) is 9.94. The highest BCUT2D eigenvalue weighted by Gasteiger charge is 2.32. The number of nitrogens with zero attached hydrogens (tertiary/aromatic N) is 2. The Hall–Kier alpha value is -1.89. The molecule has 1 aliphatic heterocycles. The Morgan fingerprint density at radius 2 is 1.70 bits per heavy atom. The van der Waals surface area contributed by atoms with E-state index in [-0.39, 0.29) is 5.92 Å². The molecule has 0 aliphatic carbocycles. The predicted molar refractivity (Wildman–Crippen MR) is 122 cm³/mol. The lowest BCUT2D eigenvalue weighted by molar-refractivity contribution is 0.181. The molecule has 30 heavy (non-hydrogen) atoms. The molecule has 3 rings (SSSR count). The zero-order valence-corrected chi connectivity index (χ0v) is 19.4. The van der Waals surface area contributed by atoms with Crippen LogP contribution < -0.4 is 4.74 Å². The minimum atomic E-state index is -3.61. The molecule has 0 unspecified atom stereocenters. The summed E-state index contributed by atoms with van der Waals surface area (Å²) in [7, 11) is -3.61. The maximum absolute atomic E-state index is 13.5. The van der Waals surface area contributed by atoms with Crippen LogP contribution >= 0.6 is 0 Å². The second-order valence-electron chi connectivity index (χ2n) is 8.32. The van der Waals surface area contributed by atoms with Crippen LogP contribution in [0.1, 0.15) is 49.8 Å². The minimum Gasteiger partial charge on any atom is -0.492 e. The lowest BCUT2D eigenvalue weighted by Crippen LogP contribution is -2.48. The summed E-state index contributed by atoms with van der Waals surface area (Å²) in [5, 5.41) is 0. The molecule has 1 heterocycles. The second-order valence-corrected chi connectivity index (χ2v) is 10.2. The standard InChI is InChI=1S/C24H34N2O3S/c1-5-15-29-23-16-20(4)22(19(2)3)17-24(23)30(27,28)26-13-11-25(12-14-26)18-21-9-7-6-8-10-21/h6-10,16-17,19H,5,11-15,18H2,1-4H3. The first kappa shape index (κ1) is 22.8. The van der Waals surface area contributed by atoms with Gasteiger partial charge < -0.3 is 4.74 Å². The van der Waals surface area contributed by atoms with Crippen molar-refractivity contribution in [3.05, 3.63) is 59.2 Å². The fourth-order valence-corrected chi connectivity index (χ4v) is 5.50. The molecule has 1 saturated heterocycles. The zero-order valence-electron chi connectivity index (χ0n) is 18.6. The predicted octanol–water partition coefficient (Wildman–Crippen LogP) is 4.41. The number of aryl methyl sites for hydroxylation is 1. The molecule has 0 aromatic heterocycles. The SMILES string of the molecule is CCCOc1cc(C)c(C(C)C)cc1S(=O)(=O)N1CCN(Cc2ccccc2)CC1. The smallest absolute Gasteiger partial charge is 0.246 e. The molecule has 0 N–H and O–H groups in total. The van der Waals surface area contributed by atoms with Crippen LogP contribution in [-0.2, 0) is 16.6 Å². The Morgan fingerprint density at radius 1 is 1.03 bits per heavy atom. The van der Waals surface area contributed by atoms with Crippen molar-refractivity contribution in [2.24, 2.45) is 0 Å². The number of hydrogen-bond acceptors (Lipinski definition) is 4. The van der Waals surface area contributed by atoms with Gasteiger partial charge in [0.1, 0.15) is 10.6 Å². The summed E-state index contributed by atoms with van der Waals surface area (Å²) in [5.74, 6) is 0.729. The summed E-state index contributed by atoms with van der Waals surface area (Å²) in [5.41, 5.74) is 3.38. The molecule has 164 valence electrons. The Balaban J connectivity index is 1.80. The van der Waals surface area contributed by atoms with Crippen LogP contribution in [0, 0.1) is 6.92 Å². The number of ether oxygens (including phenoxy) is 1. The van der Waals surface area contributed by atoms with Crippen molar-refractivity contribution in [2.45, 2.75) is 51.5 Å². The van der Waals surface area contributed by atoms with Gasteiger partial charge in [-0.1, -0.05) is 51.1 Å². The lowest BCUT2D eigenvalue weighted by atomic mass is 9.98. The first-order valence-corrected chi connectivity index (χ1v) is 12.3. The number of piperazine rings is 1. The zero-order chi connectivity index (χ0) is 21.7. The van der Waals surface area contributed by atoms with Gasteiger partial charge in [-0.15, -0.1) is 0 Å². The van der Waals surface area contributed by atoms with E-state index in [1.54, 1.807) is 4.31 Å². The molecular formula is C24H34N2O3S. The van der Waals surface area contributed by atoms with E-state index < -0.39 is 10.0 Å². The van der Waals surface area contributed by atoms with Crippen molar-refractivity contribution in [1.82, 2.24) is 9.21 Å². The molecule has 5 nitrogen and oxygen atoms in total. The van der Waals surface area contributed by atoms with Crippen molar-refractivity contribution in [2.75, 3.05) is 32.8 Å². The summed E-state index contributed by atoms with van der Waals surface area (Å²) >= 11 is 0. The van der Waals surface area contributed by atoms with Crippen molar-refractivity contribution < 1.29 is 13.2 Å². The summed E-state index contributed by atoms with van der Waals surface area (Å²) < 4.78 is 34.6. The van der Waals surface area contributed by atoms with Crippen molar-refractivity contribution >= 4 is 10.0 Å². The Labute approximate surface area is 181 Å². The topological polar surface area (TPSA) is 49.9 Å². The molecule has 0 atom stereocenters. The highest BCUT2D eigenvalue weighted by Crippen LogP contribution is 2.33. The fourth-order valence-electron chi connectivity index (χ4n) is 3.93. The maximum Gasteiger partial charge on any atom is 0.246 e. The van der Waals surface area contributed by atoms with Crippen molar-refractivity contribution in [3.63, 3.8) is 0 Å². The van der Waals surface area contributed by atoms with E-state index in [1.165, 1.54) is 5.56 Å². The fraction of sp³-hybridized carbons (Fsp3) is 0.500. The molecule has 1 fully saturated rings. The monoisotopic (exact) mass is 430 g/mol. The summed E-state index contributed by atoms with van der Waals surface area (Å²) in [4.78, 5) is 2.62. The van der Waals surface area contributed by atoms with Gasteiger partial charge in [0.2, 0.25) is 10.0 Å². The molecule has 1 aliphatic rings. The molecule has 2 aromatic rings. The van der Waals surface area contributed by atoms with Crippen molar-refractivity contribution in [3.8, 4) is 5.75 Å². The summed E-state index contributed by atoms with van der Waals surface area (Å²) in [6, 6.07) is 14.0. The molecule has 0 spiro atoms. The third-order valence-electron chi connectivity index (χ3n) is 5.61. The molecule has 6 heteroatoms. The molecule has 0 bridgehead atoms. The van der Waals surface area contributed by atoms with E-state index in [0.717, 1.165) is 37.2 Å². The van der Waals surface area contributed by atoms with Gasteiger partial charge in [0.25, 0.3) is 0 Å². The van der Waals surface area contributed by atoms with E-state index in [0.29, 0.717) is 30.3 Å². The number of benzene rings is 2. The molecule has 0 radical (unpaired) electrons. The third kappa shape index (κ3) is 5.23. The van der Waals surface area contributed by atoms with Gasteiger partial charge in [0.05, 0.1) is 6.61 Å². The summed E-state index contributed by atoms with van der Waals surface area (Å²) in [6.45, 7) is 12.0. The number of rotatable bonds is 8. The van der Waals surface area contributed by atoms with Gasteiger partial charge in [-0.3, -0.25) is 4.90 Å². The van der Waals surface area contributed by atoms with Gasteiger partial charge in [0, 0.05) is 32.7 Å². The van der Waals surface area contributed by atoms with Crippen LogP contribution in [0.5, 0.6) is 5.75 Å². The van der Waals surface area contributed by atoms with Gasteiger partial charge in [-0.25, -0.2) is 8.42 Å². The van der Waals surface area contributed by atoms with Gasteiger partial charge >= 0.3 is 0 Å². The number of hydrogen-bond donors (Lipinski definition) is 0. The van der Waals surface area contributed by atoms with Crippen LogP contribution in [0.2, 0.25) is 0 Å². The molecule has 0 amide bonds. The van der Waals surface area contributed by atoms with Crippen LogP contribution in [0.3, 0.4) is 0 Å².